The van der Waals surface area contributed by atoms with Crippen molar-refractivity contribution < 1.29 is 22.8 Å². The fourth-order valence-corrected chi connectivity index (χ4v) is 2.23. The van der Waals surface area contributed by atoms with Crippen molar-refractivity contribution in [2.45, 2.75) is 25.6 Å². The maximum Gasteiger partial charge on any atom is 0.416 e. The van der Waals surface area contributed by atoms with Crippen molar-refractivity contribution in [1.82, 2.24) is 15.3 Å². The molecule has 1 heterocycles. The Morgan fingerprint density at radius 2 is 1.96 bits per heavy atom. The highest BCUT2D eigenvalue weighted by atomic mass is 19.4. The topological polar surface area (TPSA) is 84.0 Å². The van der Waals surface area contributed by atoms with Crippen LogP contribution in [0.3, 0.4) is 0 Å². The molecule has 6 nitrogen and oxygen atoms in total. The number of alkyl halides is 3. The number of carbonyl (C=O) groups excluding carboxylic acids is 2. The molecule has 0 saturated heterocycles. The lowest BCUT2D eigenvalue weighted by molar-refractivity contribution is -0.137. The standard InChI is InChI=1S/C17H15F3N4O2/c18-17(19,20)12-3-1-2-10(8-12)9-22-15(26)13-6-7-21-16(23-13)24-14(25)11-4-5-11/h1-3,6-8,11H,4-5,9H2,(H,22,26)(H,21,23,24,25). The van der Waals surface area contributed by atoms with Crippen LogP contribution < -0.4 is 10.6 Å². The quantitative estimate of drug-likeness (QED) is 0.855. The lowest BCUT2D eigenvalue weighted by atomic mass is 10.1. The molecular weight excluding hydrogens is 349 g/mol. The summed E-state index contributed by atoms with van der Waals surface area (Å²) in [6.45, 7) is -0.0868. The van der Waals surface area contributed by atoms with Gasteiger partial charge in [0.15, 0.2) is 0 Å². The zero-order valence-corrected chi connectivity index (χ0v) is 13.5. The highest BCUT2D eigenvalue weighted by Gasteiger charge is 2.31. The summed E-state index contributed by atoms with van der Waals surface area (Å²) in [6, 6.07) is 6.05. The third-order valence-electron chi connectivity index (χ3n) is 3.78. The summed E-state index contributed by atoms with van der Waals surface area (Å²) in [5.74, 6) is -0.774. The van der Waals surface area contributed by atoms with Gasteiger partial charge in [0.1, 0.15) is 5.69 Å². The summed E-state index contributed by atoms with van der Waals surface area (Å²) in [5.41, 5.74) is -0.459. The van der Waals surface area contributed by atoms with E-state index in [0.717, 1.165) is 25.0 Å². The highest BCUT2D eigenvalue weighted by molar-refractivity contribution is 5.94. The second-order valence-corrected chi connectivity index (χ2v) is 5.91. The van der Waals surface area contributed by atoms with E-state index in [1.807, 2.05) is 0 Å². The van der Waals surface area contributed by atoms with Gasteiger partial charge in [0, 0.05) is 18.7 Å². The maximum absolute atomic E-state index is 12.7. The van der Waals surface area contributed by atoms with Gasteiger partial charge in [-0.25, -0.2) is 9.97 Å². The van der Waals surface area contributed by atoms with E-state index in [9.17, 15) is 22.8 Å². The molecule has 9 heteroatoms. The largest absolute Gasteiger partial charge is 0.416 e. The van der Waals surface area contributed by atoms with Gasteiger partial charge in [0.2, 0.25) is 11.9 Å². The maximum atomic E-state index is 12.7. The fraction of sp³-hybridized carbons (Fsp3) is 0.294. The van der Waals surface area contributed by atoms with Gasteiger partial charge in [-0.2, -0.15) is 13.2 Å². The minimum atomic E-state index is -4.44. The number of hydrogen-bond acceptors (Lipinski definition) is 4. The number of rotatable bonds is 5. The molecular formula is C17H15F3N4O2. The molecule has 1 saturated carbocycles. The summed E-state index contributed by atoms with van der Waals surface area (Å²) in [5, 5.41) is 5.03. The van der Waals surface area contributed by atoms with Crippen LogP contribution in [0.1, 0.15) is 34.5 Å². The Balaban J connectivity index is 1.62. The molecule has 1 aromatic heterocycles. The zero-order chi connectivity index (χ0) is 18.7. The second kappa shape index (κ2) is 7.11. The number of aromatic nitrogens is 2. The van der Waals surface area contributed by atoms with Gasteiger partial charge in [-0.1, -0.05) is 12.1 Å². The third kappa shape index (κ3) is 4.56. The SMILES string of the molecule is O=C(NCc1cccc(C(F)(F)F)c1)c1ccnc(NC(=O)C2CC2)n1. The molecule has 1 aromatic carbocycles. The van der Waals surface area contributed by atoms with Crippen LogP contribution in [-0.4, -0.2) is 21.8 Å². The van der Waals surface area contributed by atoms with Gasteiger partial charge in [0.05, 0.1) is 5.56 Å². The van der Waals surface area contributed by atoms with Crippen molar-refractivity contribution >= 4 is 17.8 Å². The van der Waals surface area contributed by atoms with E-state index in [2.05, 4.69) is 20.6 Å². The van der Waals surface area contributed by atoms with Crippen LogP contribution in [0.2, 0.25) is 0 Å². The molecule has 0 radical (unpaired) electrons. The summed E-state index contributed by atoms with van der Waals surface area (Å²) < 4.78 is 38.1. The number of nitrogens with one attached hydrogen (secondary N) is 2. The average molecular weight is 364 g/mol. The Morgan fingerprint density at radius 1 is 1.19 bits per heavy atom. The summed E-state index contributed by atoms with van der Waals surface area (Å²) in [4.78, 5) is 31.7. The van der Waals surface area contributed by atoms with E-state index in [4.69, 9.17) is 0 Å². The molecule has 1 fully saturated rings. The molecule has 3 rings (SSSR count). The fourth-order valence-electron chi connectivity index (χ4n) is 2.23. The first-order valence-corrected chi connectivity index (χ1v) is 7.91. The molecule has 1 aliphatic rings. The number of benzene rings is 1. The van der Waals surface area contributed by atoms with Gasteiger partial charge < -0.3 is 5.32 Å². The van der Waals surface area contributed by atoms with Crippen LogP contribution >= 0.6 is 0 Å². The van der Waals surface area contributed by atoms with Crippen LogP contribution in [0.15, 0.2) is 36.5 Å². The number of halogens is 3. The minimum absolute atomic E-state index is 0.0121. The Kier molecular flexibility index (Phi) is 4.88. The summed E-state index contributed by atoms with van der Waals surface area (Å²) >= 11 is 0. The van der Waals surface area contributed by atoms with Gasteiger partial charge in [-0.05, 0) is 36.6 Å². The first kappa shape index (κ1) is 17.8. The van der Waals surface area contributed by atoms with E-state index in [1.165, 1.54) is 24.4 Å². The molecule has 0 spiro atoms. The van der Waals surface area contributed by atoms with Crippen LogP contribution in [0.4, 0.5) is 19.1 Å². The van der Waals surface area contributed by atoms with Crippen molar-refractivity contribution in [1.29, 1.82) is 0 Å². The number of carbonyl (C=O) groups is 2. The smallest absolute Gasteiger partial charge is 0.347 e. The molecule has 1 aliphatic carbocycles. The molecule has 0 unspecified atom stereocenters. The Hall–Kier alpha value is -2.97. The molecule has 2 amide bonds. The van der Waals surface area contributed by atoms with E-state index in [-0.39, 0.29) is 30.0 Å². The molecule has 0 aliphatic heterocycles. The number of amides is 2. The first-order chi connectivity index (χ1) is 12.3. The van der Waals surface area contributed by atoms with Crippen molar-refractivity contribution in [2.24, 2.45) is 5.92 Å². The predicted octanol–water partition coefficient (Wildman–Crippen LogP) is 2.77. The van der Waals surface area contributed by atoms with E-state index in [1.54, 1.807) is 0 Å². The molecule has 26 heavy (non-hydrogen) atoms. The normalized spacial score (nSPS) is 14.0. The monoisotopic (exact) mass is 364 g/mol. The average Bonchev–Trinajstić information content (AvgIpc) is 3.44. The van der Waals surface area contributed by atoms with Crippen molar-refractivity contribution in [3.8, 4) is 0 Å². The van der Waals surface area contributed by atoms with Crippen molar-refractivity contribution in [3.63, 3.8) is 0 Å². The lowest BCUT2D eigenvalue weighted by Crippen LogP contribution is -2.25. The van der Waals surface area contributed by atoms with Gasteiger partial charge >= 0.3 is 6.18 Å². The van der Waals surface area contributed by atoms with Gasteiger partial charge in [-0.3, -0.25) is 14.9 Å². The van der Waals surface area contributed by atoms with Gasteiger partial charge in [0.25, 0.3) is 5.91 Å². The van der Waals surface area contributed by atoms with Crippen molar-refractivity contribution in [3.05, 3.63) is 53.3 Å². The minimum Gasteiger partial charge on any atom is -0.347 e. The molecule has 2 N–H and O–H groups in total. The summed E-state index contributed by atoms with van der Waals surface area (Å²) in [6.07, 6.45) is -1.47. The number of anilines is 1. The van der Waals surface area contributed by atoms with Crippen LogP contribution in [0, 0.1) is 5.92 Å². The van der Waals surface area contributed by atoms with Crippen LogP contribution in [-0.2, 0) is 17.5 Å². The third-order valence-corrected chi connectivity index (χ3v) is 3.78. The number of hydrogen-bond donors (Lipinski definition) is 2. The van der Waals surface area contributed by atoms with Crippen LogP contribution in [0.25, 0.3) is 0 Å². The molecule has 0 atom stereocenters. The zero-order valence-electron chi connectivity index (χ0n) is 13.5. The molecule has 136 valence electrons. The summed E-state index contributed by atoms with van der Waals surface area (Å²) in [7, 11) is 0. The Morgan fingerprint density at radius 3 is 2.65 bits per heavy atom. The second-order valence-electron chi connectivity index (χ2n) is 5.91. The van der Waals surface area contributed by atoms with Crippen LogP contribution in [0.5, 0.6) is 0 Å². The van der Waals surface area contributed by atoms with Gasteiger partial charge in [-0.15, -0.1) is 0 Å². The van der Waals surface area contributed by atoms with E-state index >= 15 is 0 Å². The van der Waals surface area contributed by atoms with E-state index in [0.29, 0.717) is 5.56 Å². The van der Waals surface area contributed by atoms with Crippen molar-refractivity contribution in [2.75, 3.05) is 5.32 Å². The first-order valence-electron chi connectivity index (χ1n) is 7.91. The predicted molar refractivity (Wildman–Crippen MR) is 86.0 cm³/mol. The lowest BCUT2D eigenvalue weighted by Gasteiger charge is -2.10. The Bertz CT molecular complexity index is 835. The Labute approximate surface area is 146 Å². The highest BCUT2D eigenvalue weighted by Crippen LogP contribution is 2.30. The molecule has 2 aromatic rings. The van der Waals surface area contributed by atoms with E-state index < -0.39 is 17.6 Å². The number of nitrogens with zero attached hydrogens (tertiary/aromatic N) is 2. The molecule has 0 bridgehead atoms.